The Kier molecular flexibility index (Phi) is 2.55. The van der Waals surface area contributed by atoms with Gasteiger partial charge >= 0.3 is 0 Å². The molecule has 0 radical (unpaired) electrons. The Morgan fingerprint density at radius 1 is 1.50 bits per heavy atom. The van der Waals surface area contributed by atoms with Crippen LogP contribution in [0.1, 0.15) is 38.3 Å². The Morgan fingerprint density at radius 3 is 2.71 bits per heavy atom. The van der Waals surface area contributed by atoms with Crippen molar-refractivity contribution in [2.75, 3.05) is 6.54 Å². The Bertz CT molecular complexity index is 285. The highest BCUT2D eigenvalue weighted by molar-refractivity contribution is 5.21. The van der Waals surface area contributed by atoms with Gasteiger partial charge in [0, 0.05) is 30.4 Å². The normalized spacial score (nSPS) is 24.3. The maximum absolute atomic E-state index is 4.18. The number of aromatic nitrogens is 1. The van der Waals surface area contributed by atoms with Gasteiger partial charge in [-0.05, 0) is 24.5 Å². The molecule has 1 saturated heterocycles. The molecule has 2 heterocycles. The van der Waals surface area contributed by atoms with Gasteiger partial charge < -0.3 is 5.32 Å². The standard InChI is InChI=1S/C12H18N2/c1-3-12(4-2)9-14-11(12)10-6-5-7-13-8-10/h5-8,11,14H,3-4,9H2,1-2H3. The summed E-state index contributed by atoms with van der Waals surface area (Å²) in [6.45, 7) is 5.72. The van der Waals surface area contributed by atoms with Crippen LogP contribution in [0.3, 0.4) is 0 Å². The minimum absolute atomic E-state index is 0.475. The summed E-state index contributed by atoms with van der Waals surface area (Å²) in [7, 11) is 0. The minimum atomic E-state index is 0.475. The Morgan fingerprint density at radius 2 is 2.29 bits per heavy atom. The van der Waals surface area contributed by atoms with E-state index in [1.807, 2.05) is 18.5 Å². The zero-order valence-corrected chi connectivity index (χ0v) is 8.96. The third kappa shape index (κ3) is 1.34. The van der Waals surface area contributed by atoms with E-state index < -0.39 is 0 Å². The summed E-state index contributed by atoms with van der Waals surface area (Å²) in [6, 6.07) is 4.71. The second-order valence-electron chi connectivity index (χ2n) is 4.17. The lowest BCUT2D eigenvalue weighted by Gasteiger charge is -2.50. The highest BCUT2D eigenvalue weighted by Gasteiger charge is 2.44. The topological polar surface area (TPSA) is 24.9 Å². The summed E-state index contributed by atoms with van der Waals surface area (Å²) in [6.07, 6.45) is 6.31. The highest BCUT2D eigenvalue weighted by atomic mass is 15.0. The molecular formula is C12H18N2. The molecule has 1 fully saturated rings. The summed E-state index contributed by atoms with van der Waals surface area (Å²) < 4.78 is 0. The molecule has 1 aromatic heterocycles. The van der Waals surface area contributed by atoms with Gasteiger partial charge in [-0.25, -0.2) is 0 Å². The van der Waals surface area contributed by atoms with Gasteiger partial charge in [0.15, 0.2) is 0 Å². The van der Waals surface area contributed by atoms with Crippen molar-refractivity contribution in [3.8, 4) is 0 Å². The van der Waals surface area contributed by atoms with E-state index in [1.54, 1.807) is 0 Å². The lowest BCUT2D eigenvalue weighted by molar-refractivity contribution is 0.0706. The largest absolute Gasteiger partial charge is 0.309 e. The first-order valence-electron chi connectivity index (χ1n) is 5.45. The molecule has 0 bridgehead atoms. The molecule has 14 heavy (non-hydrogen) atoms. The molecule has 2 nitrogen and oxygen atoms in total. The molecule has 2 heteroatoms. The minimum Gasteiger partial charge on any atom is -0.309 e. The van der Waals surface area contributed by atoms with Crippen molar-refractivity contribution in [1.82, 2.24) is 10.3 Å². The molecule has 1 atom stereocenters. The molecule has 0 saturated carbocycles. The number of nitrogens with zero attached hydrogens (tertiary/aromatic N) is 1. The maximum atomic E-state index is 4.18. The van der Waals surface area contributed by atoms with Crippen LogP contribution in [0, 0.1) is 5.41 Å². The van der Waals surface area contributed by atoms with Gasteiger partial charge in [-0.3, -0.25) is 4.98 Å². The van der Waals surface area contributed by atoms with Crippen molar-refractivity contribution in [2.45, 2.75) is 32.7 Å². The smallest absolute Gasteiger partial charge is 0.0404 e. The first-order valence-corrected chi connectivity index (χ1v) is 5.45. The fourth-order valence-corrected chi connectivity index (χ4v) is 2.42. The van der Waals surface area contributed by atoms with Crippen LogP contribution in [-0.4, -0.2) is 11.5 Å². The van der Waals surface area contributed by atoms with E-state index in [2.05, 4.69) is 30.2 Å². The first-order chi connectivity index (χ1) is 6.82. The summed E-state index contributed by atoms with van der Waals surface area (Å²) in [4.78, 5) is 4.18. The quantitative estimate of drug-likeness (QED) is 0.792. The van der Waals surface area contributed by atoms with E-state index in [0.717, 1.165) is 6.54 Å². The van der Waals surface area contributed by atoms with E-state index in [1.165, 1.54) is 18.4 Å². The van der Waals surface area contributed by atoms with Crippen LogP contribution in [0.25, 0.3) is 0 Å². The van der Waals surface area contributed by atoms with E-state index in [-0.39, 0.29) is 0 Å². The summed E-state index contributed by atoms with van der Waals surface area (Å²) in [5.74, 6) is 0. The van der Waals surface area contributed by atoms with Crippen LogP contribution in [0.4, 0.5) is 0 Å². The first kappa shape index (κ1) is 9.66. The van der Waals surface area contributed by atoms with Gasteiger partial charge in [0.05, 0.1) is 0 Å². The number of hydrogen-bond donors (Lipinski definition) is 1. The van der Waals surface area contributed by atoms with Gasteiger partial charge in [0.2, 0.25) is 0 Å². The number of nitrogens with one attached hydrogen (secondary N) is 1. The summed E-state index contributed by atoms with van der Waals surface area (Å²) in [5, 5.41) is 3.51. The molecular weight excluding hydrogens is 172 g/mol. The van der Waals surface area contributed by atoms with Gasteiger partial charge in [-0.1, -0.05) is 19.9 Å². The fraction of sp³-hybridized carbons (Fsp3) is 0.583. The SMILES string of the molecule is CCC1(CC)CNC1c1cccnc1. The summed E-state index contributed by atoms with van der Waals surface area (Å²) in [5.41, 5.74) is 1.81. The van der Waals surface area contributed by atoms with Crippen molar-refractivity contribution in [2.24, 2.45) is 5.41 Å². The lowest BCUT2D eigenvalue weighted by Crippen LogP contribution is -2.55. The van der Waals surface area contributed by atoms with Gasteiger partial charge in [-0.15, -0.1) is 0 Å². The number of pyridine rings is 1. The van der Waals surface area contributed by atoms with Crippen LogP contribution < -0.4 is 5.32 Å². The van der Waals surface area contributed by atoms with Gasteiger partial charge in [0.25, 0.3) is 0 Å². The number of rotatable bonds is 3. The molecule has 1 aromatic rings. The zero-order valence-electron chi connectivity index (χ0n) is 8.96. The predicted molar refractivity (Wildman–Crippen MR) is 58.0 cm³/mol. The van der Waals surface area contributed by atoms with Crippen molar-refractivity contribution in [1.29, 1.82) is 0 Å². The van der Waals surface area contributed by atoms with E-state index in [4.69, 9.17) is 0 Å². The van der Waals surface area contributed by atoms with Crippen LogP contribution >= 0.6 is 0 Å². The predicted octanol–water partition coefficient (Wildman–Crippen LogP) is 2.53. The van der Waals surface area contributed by atoms with Crippen LogP contribution in [0.15, 0.2) is 24.5 Å². The maximum Gasteiger partial charge on any atom is 0.0404 e. The molecule has 0 aromatic carbocycles. The average Bonchev–Trinajstić information content (AvgIpc) is 2.20. The van der Waals surface area contributed by atoms with E-state index in [0.29, 0.717) is 11.5 Å². The summed E-state index contributed by atoms with van der Waals surface area (Å²) >= 11 is 0. The molecule has 0 aliphatic carbocycles. The lowest BCUT2D eigenvalue weighted by atomic mass is 9.67. The van der Waals surface area contributed by atoms with E-state index >= 15 is 0 Å². The molecule has 1 aliphatic rings. The van der Waals surface area contributed by atoms with Crippen molar-refractivity contribution in [3.63, 3.8) is 0 Å². The van der Waals surface area contributed by atoms with Crippen molar-refractivity contribution >= 4 is 0 Å². The molecule has 0 amide bonds. The van der Waals surface area contributed by atoms with E-state index in [9.17, 15) is 0 Å². The van der Waals surface area contributed by atoms with Crippen LogP contribution in [-0.2, 0) is 0 Å². The molecule has 2 rings (SSSR count). The third-order valence-electron chi connectivity index (χ3n) is 3.70. The zero-order chi connectivity index (χ0) is 10.0. The fourth-order valence-electron chi connectivity index (χ4n) is 2.42. The monoisotopic (exact) mass is 190 g/mol. The highest BCUT2D eigenvalue weighted by Crippen LogP contribution is 2.45. The molecule has 1 N–H and O–H groups in total. The Balaban J connectivity index is 2.21. The Hall–Kier alpha value is -0.890. The van der Waals surface area contributed by atoms with Crippen molar-refractivity contribution < 1.29 is 0 Å². The molecule has 1 aliphatic heterocycles. The van der Waals surface area contributed by atoms with Gasteiger partial charge in [-0.2, -0.15) is 0 Å². The van der Waals surface area contributed by atoms with Crippen molar-refractivity contribution in [3.05, 3.63) is 30.1 Å². The third-order valence-corrected chi connectivity index (χ3v) is 3.70. The van der Waals surface area contributed by atoms with Crippen LogP contribution in [0.2, 0.25) is 0 Å². The second kappa shape index (κ2) is 3.70. The molecule has 0 spiro atoms. The van der Waals surface area contributed by atoms with Crippen LogP contribution in [0.5, 0.6) is 0 Å². The molecule has 1 unspecified atom stereocenters. The second-order valence-corrected chi connectivity index (χ2v) is 4.17. The molecule has 76 valence electrons. The number of hydrogen-bond acceptors (Lipinski definition) is 2. The Labute approximate surface area is 85.7 Å². The van der Waals surface area contributed by atoms with Gasteiger partial charge in [0.1, 0.15) is 0 Å². The average molecular weight is 190 g/mol.